The Hall–Kier alpha value is 1.29. The Bertz CT molecular complexity index is 289. The summed E-state index contributed by atoms with van der Waals surface area (Å²) >= 11 is 2.63. The SMILES string of the molecule is CI=C(OC1(C2CCCC2)CCCC1)C(C)CI. The molecule has 3 heteroatoms. The lowest BCUT2D eigenvalue weighted by atomic mass is 9.84. The maximum atomic E-state index is 6.75. The lowest BCUT2D eigenvalue weighted by Gasteiger charge is -2.37. The average Bonchev–Trinajstić information content (AvgIpc) is 3.06. The topological polar surface area (TPSA) is 9.23 Å². The fourth-order valence-corrected chi connectivity index (χ4v) is 6.78. The van der Waals surface area contributed by atoms with Crippen LogP contribution in [0.1, 0.15) is 58.3 Å². The quantitative estimate of drug-likeness (QED) is 0.387. The second-order valence-electron chi connectivity index (χ2n) is 5.90. The third-order valence-corrected chi connectivity index (χ3v) is 8.32. The van der Waals surface area contributed by atoms with E-state index >= 15 is 0 Å². The maximum absolute atomic E-state index is 6.75. The van der Waals surface area contributed by atoms with Crippen LogP contribution < -0.4 is 0 Å². The molecule has 1 unspecified atom stereocenters. The van der Waals surface area contributed by atoms with Gasteiger partial charge < -0.3 is 4.74 Å². The summed E-state index contributed by atoms with van der Waals surface area (Å²) in [5, 5.41) is 0. The van der Waals surface area contributed by atoms with Gasteiger partial charge in [0.1, 0.15) is 0 Å². The Morgan fingerprint density at radius 2 is 1.89 bits per heavy atom. The minimum atomic E-state index is 0.118. The van der Waals surface area contributed by atoms with Gasteiger partial charge in [0, 0.05) is 10.3 Å². The van der Waals surface area contributed by atoms with Crippen LogP contribution in [0.15, 0.2) is 0 Å². The molecule has 0 heterocycles. The molecule has 0 amide bonds. The van der Waals surface area contributed by atoms with Crippen LogP contribution >= 0.6 is 43.3 Å². The molecule has 2 rings (SSSR count). The van der Waals surface area contributed by atoms with Crippen molar-refractivity contribution in [2.75, 3.05) is 9.36 Å². The van der Waals surface area contributed by atoms with Crippen molar-refractivity contribution in [1.29, 1.82) is 0 Å². The van der Waals surface area contributed by atoms with Crippen LogP contribution in [0.5, 0.6) is 0 Å². The summed E-state index contributed by atoms with van der Waals surface area (Å²) < 4.78 is 9.44. The lowest BCUT2D eigenvalue weighted by molar-refractivity contribution is 0.00347. The van der Waals surface area contributed by atoms with E-state index in [0.29, 0.717) is 5.92 Å². The minimum absolute atomic E-state index is 0.118. The van der Waals surface area contributed by atoms with E-state index in [4.69, 9.17) is 4.74 Å². The molecule has 1 atom stereocenters. The van der Waals surface area contributed by atoms with Crippen molar-refractivity contribution in [3.05, 3.63) is 0 Å². The Kier molecular flexibility index (Phi) is 6.39. The number of alkyl halides is 2. The zero-order chi connectivity index (χ0) is 13.0. The predicted octanol–water partition coefficient (Wildman–Crippen LogP) is 5.31. The van der Waals surface area contributed by atoms with Gasteiger partial charge in [-0.2, -0.15) is 0 Å². The number of halogens is 2. The zero-order valence-corrected chi connectivity index (χ0v) is 16.0. The molecule has 0 aromatic heterocycles. The molecule has 2 fully saturated rings. The minimum Gasteiger partial charge on any atom is -0.338 e. The molecule has 0 aromatic carbocycles. The van der Waals surface area contributed by atoms with E-state index in [1.54, 1.807) is 0 Å². The Morgan fingerprint density at radius 1 is 1.28 bits per heavy atom. The molecule has 0 aromatic rings. The molecule has 2 aliphatic carbocycles. The molecular formula is C15H26I2O. The first-order valence-corrected chi connectivity index (χ1v) is 12.1. The highest BCUT2D eigenvalue weighted by Gasteiger charge is 2.44. The molecule has 0 bridgehead atoms. The summed E-state index contributed by atoms with van der Waals surface area (Å²) in [5.74, 6) is 1.54. The van der Waals surface area contributed by atoms with Crippen LogP contribution in [0, 0.1) is 11.8 Å². The summed E-state index contributed by atoms with van der Waals surface area (Å²) in [4.78, 5) is 2.37. The van der Waals surface area contributed by atoms with Gasteiger partial charge in [-0.05, 0) is 36.5 Å². The first kappa shape index (κ1) is 15.7. The highest BCUT2D eigenvalue weighted by molar-refractivity contribution is 14.2. The largest absolute Gasteiger partial charge is 0.338 e. The first-order chi connectivity index (χ1) is 8.72. The Labute approximate surface area is 136 Å². The molecule has 0 saturated heterocycles. The van der Waals surface area contributed by atoms with Crippen molar-refractivity contribution >= 4 is 47.0 Å². The van der Waals surface area contributed by atoms with E-state index in [-0.39, 0.29) is 26.3 Å². The van der Waals surface area contributed by atoms with Crippen LogP contribution in [-0.2, 0) is 4.74 Å². The molecule has 1 nitrogen and oxygen atoms in total. The van der Waals surface area contributed by atoms with E-state index in [1.807, 2.05) is 0 Å². The van der Waals surface area contributed by atoms with Crippen LogP contribution in [0.3, 0.4) is 0 Å². The molecule has 0 radical (unpaired) electrons. The van der Waals surface area contributed by atoms with Gasteiger partial charge in [-0.15, -0.1) is 0 Å². The van der Waals surface area contributed by atoms with E-state index in [9.17, 15) is 0 Å². The van der Waals surface area contributed by atoms with Gasteiger partial charge in [0.15, 0.2) is 0 Å². The van der Waals surface area contributed by atoms with Crippen molar-refractivity contribution in [2.24, 2.45) is 11.8 Å². The van der Waals surface area contributed by atoms with E-state index in [1.165, 1.54) is 59.5 Å². The second kappa shape index (κ2) is 7.34. The van der Waals surface area contributed by atoms with Gasteiger partial charge in [-0.1, -0.05) is 75.9 Å². The van der Waals surface area contributed by atoms with Crippen molar-refractivity contribution in [2.45, 2.75) is 63.9 Å². The Balaban J connectivity index is 2.10. The summed E-state index contributed by atoms with van der Waals surface area (Å²) in [6.45, 7) is 2.35. The first-order valence-electron chi connectivity index (χ1n) is 7.33. The predicted molar refractivity (Wildman–Crippen MR) is 97.2 cm³/mol. The summed E-state index contributed by atoms with van der Waals surface area (Å²) in [6.07, 6.45) is 11.2. The molecule has 0 spiro atoms. The number of hydrogen-bond acceptors (Lipinski definition) is 1. The monoisotopic (exact) mass is 476 g/mol. The molecule has 106 valence electrons. The third-order valence-electron chi connectivity index (χ3n) is 4.66. The molecular weight excluding hydrogens is 450 g/mol. The molecule has 18 heavy (non-hydrogen) atoms. The standard InChI is InChI=1S/C15H26I2O/c1-12(11-16)14(17-2)18-15(9-5-6-10-15)13-7-3-4-8-13/h12-13H,3-11H2,1-2H3. The Morgan fingerprint density at radius 3 is 2.39 bits per heavy atom. The average molecular weight is 476 g/mol. The molecule has 2 aliphatic rings. The third kappa shape index (κ3) is 3.48. The summed E-state index contributed by atoms with van der Waals surface area (Å²) in [7, 11) is 0. The van der Waals surface area contributed by atoms with Gasteiger partial charge in [-0.25, -0.2) is 0 Å². The highest BCUT2D eigenvalue weighted by atomic mass is 127. The van der Waals surface area contributed by atoms with Gasteiger partial charge in [0.2, 0.25) is 0 Å². The summed E-state index contributed by atoms with van der Waals surface area (Å²) in [5.41, 5.74) is 0.266. The van der Waals surface area contributed by atoms with Gasteiger partial charge in [0.05, 0.1) is 9.30 Å². The lowest BCUT2D eigenvalue weighted by Crippen LogP contribution is -2.40. The van der Waals surface area contributed by atoms with Crippen molar-refractivity contribution < 1.29 is 4.74 Å². The van der Waals surface area contributed by atoms with Gasteiger partial charge in [0.25, 0.3) is 0 Å². The number of hydrogen-bond donors (Lipinski definition) is 0. The highest BCUT2D eigenvalue weighted by Crippen LogP contribution is 2.47. The number of ether oxygens (including phenoxy) is 1. The number of rotatable bonds is 5. The molecule has 2 saturated carbocycles. The van der Waals surface area contributed by atoms with Crippen molar-refractivity contribution in [3.63, 3.8) is 0 Å². The van der Waals surface area contributed by atoms with Crippen molar-refractivity contribution in [1.82, 2.24) is 0 Å². The van der Waals surface area contributed by atoms with E-state index in [2.05, 4.69) is 34.4 Å². The normalized spacial score (nSPS) is 27.2. The molecule has 0 aliphatic heterocycles. The zero-order valence-electron chi connectivity index (χ0n) is 11.7. The maximum Gasteiger partial charge on any atom is 0.0845 e. The fraction of sp³-hybridized carbons (Fsp3) is 0.933. The van der Waals surface area contributed by atoms with Crippen LogP contribution in [0.4, 0.5) is 0 Å². The van der Waals surface area contributed by atoms with Gasteiger partial charge >= 0.3 is 0 Å². The van der Waals surface area contributed by atoms with Crippen LogP contribution in [-0.4, -0.2) is 18.7 Å². The summed E-state index contributed by atoms with van der Waals surface area (Å²) in [6, 6.07) is 0. The van der Waals surface area contributed by atoms with Crippen molar-refractivity contribution in [3.8, 4) is 0 Å². The second-order valence-corrected chi connectivity index (χ2v) is 8.93. The van der Waals surface area contributed by atoms with E-state index in [0.717, 1.165) is 5.92 Å². The molecule has 0 N–H and O–H groups in total. The van der Waals surface area contributed by atoms with Crippen LogP contribution in [0.2, 0.25) is 0 Å². The fourth-order valence-electron chi connectivity index (χ4n) is 3.60. The van der Waals surface area contributed by atoms with E-state index < -0.39 is 0 Å². The van der Waals surface area contributed by atoms with Crippen LogP contribution in [0.25, 0.3) is 0 Å². The smallest absolute Gasteiger partial charge is 0.0845 e. The van der Waals surface area contributed by atoms with Gasteiger partial charge in [-0.3, -0.25) is 0 Å².